The molecule has 0 radical (unpaired) electrons. The number of rotatable bonds is 7. The number of hydrogen-bond acceptors (Lipinski definition) is 4. The Kier molecular flexibility index (Phi) is 6.47. The van der Waals surface area contributed by atoms with E-state index in [1.54, 1.807) is 12.1 Å². The maximum atomic E-state index is 13.0. The predicted octanol–water partition coefficient (Wildman–Crippen LogP) is 4.60. The van der Waals surface area contributed by atoms with Crippen molar-refractivity contribution in [1.29, 1.82) is 0 Å². The fourth-order valence-corrected chi connectivity index (χ4v) is 3.65. The molecule has 4 aromatic rings. The van der Waals surface area contributed by atoms with Crippen LogP contribution in [0.2, 0.25) is 5.02 Å². The minimum Gasteiger partial charge on any atom is -0.389 e. The third kappa shape index (κ3) is 4.85. The lowest BCUT2D eigenvalue weighted by Gasteiger charge is -2.15. The van der Waals surface area contributed by atoms with Crippen molar-refractivity contribution in [1.82, 2.24) is 9.78 Å². The number of nitrogens with zero attached hydrogens (tertiary/aromatic N) is 2. The highest BCUT2D eigenvalue weighted by molar-refractivity contribution is 6.31. The van der Waals surface area contributed by atoms with Gasteiger partial charge in [0.1, 0.15) is 0 Å². The smallest absolute Gasteiger partial charge is 0.274 e. The molecule has 158 valence electrons. The maximum Gasteiger partial charge on any atom is 0.274 e. The van der Waals surface area contributed by atoms with Crippen molar-refractivity contribution in [3.05, 3.63) is 99.3 Å². The molecule has 0 amide bonds. The molecule has 3 aromatic carbocycles. The van der Waals surface area contributed by atoms with Crippen LogP contribution in [-0.2, 0) is 17.9 Å². The highest BCUT2D eigenvalue weighted by Gasteiger charge is 2.15. The number of aromatic nitrogens is 2. The minimum atomic E-state index is -0.889. The molecule has 1 N–H and O–H groups in total. The quantitative estimate of drug-likeness (QED) is 0.461. The van der Waals surface area contributed by atoms with E-state index in [1.807, 2.05) is 67.6 Å². The van der Waals surface area contributed by atoms with Crippen LogP contribution >= 0.6 is 11.6 Å². The van der Waals surface area contributed by atoms with Crippen molar-refractivity contribution < 1.29 is 9.84 Å². The van der Waals surface area contributed by atoms with E-state index in [0.29, 0.717) is 16.1 Å². The first kappa shape index (κ1) is 21.2. The van der Waals surface area contributed by atoms with E-state index in [-0.39, 0.29) is 25.3 Å². The molecule has 4 rings (SSSR count). The standard InChI is InChI=1S/C25H23ClN2O3/c1-17-10-12-18(13-11-17)24-21-7-3-4-8-22(21)25(30)28(27-24)14-20(29)16-31-15-19-6-2-5-9-23(19)26/h2-13,20,29H,14-16H2,1H3. The molecule has 6 heteroatoms. The minimum absolute atomic E-state index is 0.0328. The zero-order valence-corrected chi connectivity index (χ0v) is 17.9. The first-order valence-corrected chi connectivity index (χ1v) is 10.5. The lowest BCUT2D eigenvalue weighted by atomic mass is 10.0. The summed E-state index contributed by atoms with van der Waals surface area (Å²) in [5, 5.41) is 17.0. The van der Waals surface area contributed by atoms with Crippen LogP contribution in [0.4, 0.5) is 0 Å². The predicted molar refractivity (Wildman–Crippen MR) is 123 cm³/mol. The van der Waals surface area contributed by atoms with Crippen molar-refractivity contribution in [3.63, 3.8) is 0 Å². The summed E-state index contributed by atoms with van der Waals surface area (Å²) >= 11 is 6.13. The van der Waals surface area contributed by atoms with Gasteiger partial charge in [-0.05, 0) is 24.6 Å². The number of aliphatic hydroxyl groups is 1. The molecule has 0 aliphatic heterocycles. The van der Waals surface area contributed by atoms with Gasteiger partial charge in [-0.1, -0.05) is 77.8 Å². The van der Waals surface area contributed by atoms with Crippen molar-refractivity contribution in [2.45, 2.75) is 26.2 Å². The number of hydrogen-bond donors (Lipinski definition) is 1. The van der Waals surface area contributed by atoms with Gasteiger partial charge in [0.2, 0.25) is 0 Å². The largest absolute Gasteiger partial charge is 0.389 e. The molecule has 0 aliphatic carbocycles. The van der Waals surface area contributed by atoms with Crippen molar-refractivity contribution in [2.75, 3.05) is 6.61 Å². The Hall–Kier alpha value is -2.99. The monoisotopic (exact) mass is 434 g/mol. The Labute approximate surface area is 185 Å². The molecular formula is C25H23ClN2O3. The van der Waals surface area contributed by atoms with Crippen LogP contribution in [0.15, 0.2) is 77.6 Å². The fraction of sp³-hybridized carbons (Fsp3) is 0.200. The van der Waals surface area contributed by atoms with Crippen LogP contribution in [-0.4, -0.2) is 27.6 Å². The average molecular weight is 435 g/mol. The Morgan fingerprint density at radius 2 is 1.68 bits per heavy atom. The number of fused-ring (bicyclic) bond motifs is 1. The first-order chi connectivity index (χ1) is 15.0. The second-order valence-corrected chi connectivity index (χ2v) is 7.92. The molecule has 0 spiro atoms. The second-order valence-electron chi connectivity index (χ2n) is 7.51. The van der Waals surface area contributed by atoms with Crippen LogP contribution in [0.5, 0.6) is 0 Å². The summed E-state index contributed by atoms with van der Waals surface area (Å²) < 4.78 is 6.93. The van der Waals surface area contributed by atoms with Crippen molar-refractivity contribution in [3.8, 4) is 11.3 Å². The van der Waals surface area contributed by atoms with Gasteiger partial charge >= 0.3 is 0 Å². The van der Waals surface area contributed by atoms with E-state index in [0.717, 1.165) is 22.1 Å². The van der Waals surface area contributed by atoms with Crippen LogP contribution in [0.3, 0.4) is 0 Å². The molecule has 1 atom stereocenters. The molecule has 0 saturated heterocycles. The zero-order valence-electron chi connectivity index (χ0n) is 17.2. The summed E-state index contributed by atoms with van der Waals surface area (Å²) in [6.07, 6.45) is -0.889. The van der Waals surface area contributed by atoms with Gasteiger partial charge in [0.05, 0.1) is 36.9 Å². The lowest BCUT2D eigenvalue weighted by Crippen LogP contribution is -2.31. The molecular weight excluding hydrogens is 412 g/mol. The highest BCUT2D eigenvalue weighted by Crippen LogP contribution is 2.25. The first-order valence-electron chi connectivity index (χ1n) is 10.1. The molecule has 1 unspecified atom stereocenters. The molecule has 1 aromatic heterocycles. The molecule has 31 heavy (non-hydrogen) atoms. The number of ether oxygens (including phenoxy) is 1. The Morgan fingerprint density at radius 3 is 2.42 bits per heavy atom. The van der Waals surface area contributed by atoms with Gasteiger partial charge in [-0.15, -0.1) is 0 Å². The third-order valence-corrected chi connectivity index (χ3v) is 5.47. The Balaban J connectivity index is 1.57. The van der Waals surface area contributed by atoms with Gasteiger partial charge in [-0.2, -0.15) is 5.10 Å². The lowest BCUT2D eigenvalue weighted by molar-refractivity contribution is 0.0182. The van der Waals surface area contributed by atoms with E-state index in [2.05, 4.69) is 5.10 Å². The summed E-state index contributed by atoms with van der Waals surface area (Å²) in [4.78, 5) is 13.0. The number of benzene rings is 3. The second kappa shape index (κ2) is 9.43. The Bertz CT molecular complexity index is 1250. The fourth-order valence-electron chi connectivity index (χ4n) is 3.46. The average Bonchev–Trinajstić information content (AvgIpc) is 2.78. The normalized spacial score (nSPS) is 12.2. The van der Waals surface area contributed by atoms with Gasteiger partial charge in [-0.25, -0.2) is 4.68 Å². The van der Waals surface area contributed by atoms with Gasteiger partial charge in [0.15, 0.2) is 0 Å². The summed E-state index contributed by atoms with van der Waals surface area (Å²) in [7, 11) is 0. The SMILES string of the molecule is Cc1ccc(-c2nn(CC(O)COCc3ccccc3Cl)c(=O)c3ccccc23)cc1. The third-order valence-electron chi connectivity index (χ3n) is 5.10. The van der Waals surface area contributed by atoms with Crippen LogP contribution < -0.4 is 5.56 Å². The maximum absolute atomic E-state index is 13.0. The van der Waals surface area contributed by atoms with Gasteiger partial charge in [0.25, 0.3) is 5.56 Å². The molecule has 0 bridgehead atoms. The number of aryl methyl sites for hydroxylation is 1. The Morgan fingerprint density at radius 1 is 1.00 bits per heavy atom. The highest BCUT2D eigenvalue weighted by atomic mass is 35.5. The molecule has 0 fully saturated rings. The molecule has 5 nitrogen and oxygen atoms in total. The molecule has 0 aliphatic rings. The zero-order chi connectivity index (χ0) is 21.8. The van der Waals surface area contributed by atoms with Gasteiger partial charge < -0.3 is 9.84 Å². The van der Waals surface area contributed by atoms with Crippen LogP contribution in [0, 0.1) is 6.92 Å². The summed E-state index contributed by atoms with van der Waals surface area (Å²) in [5.74, 6) is 0. The summed E-state index contributed by atoms with van der Waals surface area (Å²) in [6.45, 7) is 2.40. The summed E-state index contributed by atoms with van der Waals surface area (Å²) in [6, 6.07) is 22.8. The van der Waals surface area contributed by atoms with E-state index < -0.39 is 6.10 Å². The van der Waals surface area contributed by atoms with Gasteiger partial charge in [-0.3, -0.25) is 4.79 Å². The molecule has 0 saturated carbocycles. The number of halogens is 1. The van der Waals surface area contributed by atoms with E-state index >= 15 is 0 Å². The van der Waals surface area contributed by atoms with Crippen molar-refractivity contribution in [2.24, 2.45) is 0 Å². The number of aliphatic hydroxyl groups excluding tert-OH is 1. The van der Waals surface area contributed by atoms with Crippen LogP contribution in [0.1, 0.15) is 11.1 Å². The van der Waals surface area contributed by atoms with Crippen LogP contribution in [0.25, 0.3) is 22.0 Å². The topological polar surface area (TPSA) is 64.3 Å². The summed E-state index contributed by atoms with van der Waals surface area (Å²) in [5.41, 5.74) is 3.38. The van der Waals surface area contributed by atoms with E-state index in [9.17, 15) is 9.90 Å². The van der Waals surface area contributed by atoms with Crippen molar-refractivity contribution >= 4 is 22.4 Å². The van der Waals surface area contributed by atoms with E-state index in [1.165, 1.54) is 4.68 Å². The van der Waals surface area contributed by atoms with Gasteiger partial charge in [0, 0.05) is 16.0 Å². The van der Waals surface area contributed by atoms with E-state index in [4.69, 9.17) is 16.3 Å². The molecule has 1 heterocycles.